The zero-order valence-corrected chi connectivity index (χ0v) is 12.1. The Hall–Kier alpha value is -1.88. The Kier molecular flexibility index (Phi) is 4.39. The van der Waals surface area contributed by atoms with Crippen molar-refractivity contribution >= 4 is 23.2 Å². The van der Waals surface area contributed by atoms with Crippen molar-refractivity contribution in [3.63, 3.8) is 0 Å². The van der Waals surface area contributed by atoms with E-state index in [9.17, 15) is 9.59 Å². The predicted molar refractivity (Wildman–Crippen MR) is 79.6 cm³/mol. The van der Waals surface area contributed by atoms with Crippen molar-refractivity contribution in [2.45, 2.75) is 20.8 Å². The molecule has 2 unspecified atom stereocenters. The lowest BCUT2D eigenvalue weighted by Crippen LogP contribution is -2.27. The predicted octanol–water partition coefficient (Wildman–Crippen LogP) is 1.75. The van der Waals surface area contributed by atoms with Gasteiger partial charge in [0, 0.05) is 24.8 Å². The van der Waals surface area contributed by atoms with Gasteiger partial charge in [-0.05, 0) is 43.1 Å². The number of aryl methyl sites for hydroxylation is 1. The molecule has 1 fully saturated rings. The minimum absolute atomic E-state index is 0.0188. The van der Waals surface area contributed by atoms with Gasteiger partial charge in [-0.25, -0.2) is 0 Å². The van der Waals surface area contributed by atoms with Gasteiger partial charge in [-0.3, -0.25) is 9.59 Å². The Morgan fingerprint density at radius 2 is 2.00 bits per heavy atom. The van der Waals surface area contributed by atoms with E-state index < -0.39 is 0 Å². The second-order valence-corrected chi connectivity index (χ2v) is 5.44. The van der Waals surface area contributed by atoms with E-state index >= 15 is 0 Å². The molecular weight excluding hydrogens is 254 g/mol. The molecule has 0 spiro atoms. The highest BCUT2D eigenvalue weighted by molar-refractivity contribution is 5.94. The van der Waals surface area contributed by atoms with Crippen LogP contribution in [0.2, 0.25) is 0 Å². The van der Waals surface area contributed by atoms with E-state index in [1.165, 1.54) is 6.92 Å². The van der Waals surface area contributed by atoms with Crippen molar-refractivity contribution in [1.29, 1.82) is 0 Å². The van der Waals surface area contributed by atoms with Crippen molar-refractivity contribution in [2.24, 2.45) is 11.8 Å². The third kappa shape index (κ3) is 3.36. The fourth-order valence-corrected chi connectivity index (χ4v) is 2.47. The summed E-state index contributed by atoms with van der Waals surface area (Å²) < 4.78 is 0. The molecule has 20 heavy (non-hydrogen) atoms. The molecule has 1 aromatic carbocycles. The first kappa shape index (κ1) is 14.5. The number of amides is 2. The maximum absolute atomic E-state index is 12.2. The smallest absolute Gasteiger partial charge is 0.229 e. The van der Waals surface area contributed by atoms with Crippen molar-refractivity contribution in [2.75, 3.05) is 23.7 Å². The first-order chi connectivity index (χ1) is 9.47. The van der Waals surface area contributed by atoms with Crippen LogP contribution in [0.15, 0.2) is 18.2 Å². The molecule has 0 aliphatic carbocycles. The van der Waals surface area contributed by atoms with Crippen LogP contribution in [0, 0.1) is 18.8 Å². The summed E-state index contributed by atoms with van der Waals surface area (Å²) in [6, 6.07) is 5.49. The number of anilines is 2. The number of nitrogens with one attached hydrogen (secondary N) is 3. The van der Waals surface area contributed by atoms with E-state index in [4.69, 9.17) is 0 Å². The second kappa shape index (κ2) is 6.05. The lowest BCUT2D eigenvalue weighted by Gasteiger charge is -2.15. The lowest BCUT2D eigenvalue weighted by molar-refractivity contribution is -0.120. The molecule has 1 aliphatic rings. The van der Waals surface area contributed by atoms with E-state index in [0.29, 0.717) is 5.92 Å². The first-order valence-electron chi connectivity index (χ1n) is 6.87. The molecule has 1 heterocycles. The monoisotopic (exact) mass is 275 g/mol. The van der Waals surface area contributed by atoms with E-state index in [0.717, 1.165) is 30.0 Å². The molecule has 0 bridgehead atoms. The Balaban J connectivity index is 2.04. The van der Waals surface area contributed by atoms with Gasteiger partial charge in [0.05, 0.1) is 5.92 Å². The summed E-state index contributed by atoms with van der Waals surface area (Å²) in [5.74, 6) is 0.324. The zero-order chi connectivity index (χ0) is 14.7. The standard InChI is InChI=1S/C15H21N3O2/c1-9-6-12(4-5-14(9)17-11(3)19)18-15(20)13-8-16-7-10(13)2/h4-6,10,13,16H,7-8H2,1-3H3,(H,17,19)(H,18,20). The Morgan fingerprint density at radius 3 is 2.55 bits per heavy atom. The van der Waals surface area contributed by atoms with Crippen LogP contribution in [0.25, 0.3) is 0 Å². The molecular formula is C15H21N3O2. The number of hydrogen-bond acceptors (Lipinski definition) is 3. The maximum Gasteiger partial charge on any atom is 0.229 e. The topological polar surface area (TPSA) is 70.2 Å². The third-order valence-corrected chi connectivity index (χ3v) is 3.66. The molecule has 5 nitrogen and oxygen atoms in total. The number of carbonyl (C=O) groups is 2. The highest BCUT2D eigenvalue weighted by Crippen LogP contribution is 2.22. The van der Waals surface area contributed by atoms with Crippen molar-refractivity contribution in [3.8, 4) is 0 Å². The fraction of sp³-hybridized carbons (Fsp3) is 0.467. The fourth-order valence-electron chi connectivity index (χ4n) is 2.47. The Bertz CT molecular complexity index is 528. The summed E-state index contributed by atoms with van der Waals surface area (Å²) in [4.78, 5) is 23.2. The van der Waals surface area contributed by atoms with Crippen LogP contribution in [0.4, 0.5) is 11.4 Å². The first-order valence-corrected chi connectivity index (χ1v) is 6.87. The minimum atomic E-state index is -0.101. The molecule has 0 saturated carbocycles. The van der Waals surface area contributed by atoms with Gasteiger partial charge in [0.2, 0.25) is 11.8 Å². The number of rotatable bonds is 3. The largest absolute Gasteiger partial charge is 0.326 e. The summed E-state index contributed by atoms with van der Waals surface area (Å²) in [5, 5.41) is 8.92. The van der Waals surface area contributed by atoms with Gasteiger partial charge >= 0.3 is 0 Å². The highest BCUT2D eigenvalue weighted by atomic mass is 16.2. The van der Waals surface area contributed by atoms with Crippen molar-refractivity contribution in [3.05, 3.63) is 23.8 Å². The van der Waals surface area contributed by atoms with Crippen LogP contribution in [0.3, 0.4) is 0 Å². The number of carbonyl (C=O) groups excluding carboxylic acids is 2. The molecule has 0 radical (unpaired) electrons. The molecule has 2 rings (SSSR count). The van der Waals surface area contributed by atoms with Gasteiger partial charge < -0.3 is 16.0 Å². The number of hydrogen-bond donors (Lipinski definition) is 3. The Morgan fingerprint density at radius 1 is 1.25 bits per heavy atom. The molecule has 2 atom stereocenters. The normalized spacial score (nSPS) is 21.6. The summed E-state index contributed by atoms with van der Waals surface area (Å²) in [6.07, 6.45) is 0. The van der Waals surface area contributed by atoms with Gasteiger partial charge in [-0.2, -0.15) is 0 Å². The van der Waals surface area contributed by atoms with E-state index in [1.54, 1.807) is 0 Å². The molecule has 3 N–H and O–H groups in total. The van der Waals surface area contributed by atoms with Crippen molar-refractivity contribution in [1.82, 2.24) is 5.32 Å². The van der Waals surface area contributed by atoms with Crippen LogP contribution in [-0.4, -0.2) is 24.9 Å². The van der Waals surface area contributed by atoms with E-state index in [2.05, 4.69) is 22.9 Å². The second-order valence-electron chi connectivity index (χ2n) is 5.44. The molecule has 5 heteroatoms. The van der Waals surface area contributed by atoms with Gasteiger partial charge in [0.25, 0.3) is 0 Å². The van der Waals surface area contributed by atoms with Crippen LogP contribution >= 0.6 is 0 Å². The van der Waals surface area contributed by atoms with Crippen LogP contribution in [0.1, 0.15) is 19.4 Å². The van der Waals surface area contributed by atoms with E-state index in [-0.39, 0.29) is 17.7 Å². The minimum Gasteiger partial charge on any atom is -0.326 e. The molecule has 1 aromatic rings. The number of benzene rings is 1. The molecule has 2 amide bonds. The third-order valence-electron chi connectivity index (χ3n) is 3.66. The summed E-state index contributed by atoms with van der Waals surface area (Å²) in [5.41, 5.74) is 2.46. The van der Waals surface area contributed by atoms with Crippen LogP contribution < -0.4 is 16.0 Å². The summed E-state index contributed by atoms with van der Waals surface area (Å²) in [7, 11) is 0. The van der Waals surface area contributed by atoms with E-state index in [1.807, 2.05) is 25.1 Å². The van der Waals surface area contributed by atoms with Gasteiger partial charge in [-0.15, -0.1) is 0 Å². The van der Waals surface area contributed by atoms with Crippen LogP contribution in [0.5, 0.6) is 0 Å². The highest BCUT2D eigenvalue weighted by Gasteiger charge is 2.29. The van der Waals surface area contributed by atoms with Gasteiger partial charge in [0.1, 0.15) is 0 Å². The summed E-state index contributed by atoms with van der Waals surface area (Å²) >= 11 is 0. The average molecular weight is 275 g/mol. The lowest BCUT2D eigenvalue weighted by atomic mass is 9.97. The molecule has 1 saturated heterocycles. The van der Waals surface area contributed by atoms with Crippen molar-refractivity contribution < 1.29 is 9.59 Å². The zero-order valence-electron chi connectivity index (χ0n) is 12.1. The SMILES string of the molecule is CC(=O)Nc1ccc(NC(=O)C2CNCC2C)cc1C. The van der Waals surface area contributed by atoms with Gasteiger partial charge in [-0.1, -0.05) is 6.92 Å². The quantitative estimate of drug-likeness (QED) is 0.787. The summed E-state index contributed by atoms with van der Waals surface area (Å²) in [6.45, 7) is 7.08. The average Bonchev–Trinajstić information content (AvgIpc) is 2.78. The van der Waals surface area contributed by atoms with Crippen LogP contribution in [-0.2, 0) is 9.59 Å². The molecule has 0 aromatic heterocycles. The maximum atomic E-state index is 12.2. The molecule has 108 valence electrons. The Labute approximate surface area is 119 Å². The van der Waals surface area contributed by atoms with Gasteiger partial charge in [0.15, 0.2) is 0 Å². The molecule has 1 aliphatic heterocycles.